The van der Waals surface area contributed by atoms with E-state index < -0.39 is 0 Å². The van der Waals surface area contributed by atoms with Gasteiger partial charge in [-0.25, -0.2) is 4.39 Å². The van der Waals surface area contributed by atoms with Gasteiger partial charge in [-0.2, -0.15) is 0 Å². The zero-order chi connectivity index (χ0) is 9.68. The summed E-state index contributed by atoms with van der Waals surface area (Å²) in [6, 6.07) is 5.23. The Hall–Kier alpha value is -0.540. The van der Waals surface area contributed by atoms with Crippen LogP contribution in [0, 0.1) is 12.7 Å². The molecule has 0 bridgehead atoms. The summed E-state index contributed by atoms with van der Waals surface area (Å²) in [4.78, 5) is 1.13. The quantitative estimate of drug-likeness (QED) is 0.590. The molecule has 1 rings (SSSR count). The molecule has 0 fully saturated rings. The highest BCUT2D eigenvalue weighted by Crippen LogP contribution is 2.19. The summed E-state index contributed by atoms with van der Waals surface area (Å²) in [5, 5.41) is 3.07. The summed E-state index contributed by atoms with van der Waals surface area (Å²) in [7, 11) is 1.93. The second-order valence-electron chi connectivity index (χ2n) is 2.86. The smallest absolute Gasteiger partial charge is 0.126 e. The van der Waals surface area contributed by atoms with Gasteiger partial charge in [0.1, 0.15) is 5.82 Å². The van der Waals surface area contributed by atoms with Crippen LogP contribution in [0.3, 0.4) is 0 Å². The molecule has 0 aromatic heterocycles. The number of hydrogen-bond acceptors (Lipinski definition) is 2. The van der Waals surface area contributed by atoms with E-state index in [1.807, 2.05) is 19.2 Å². The molecular weight excluding hydrogens is 185 g/mol. The first-order valence-corrected chi connectivity index (χ1v) is 5.26. The second-order valence-corrected chi connectivity index (χ2v) is 4.03. The Morgan fingerprint density at radius 3 is 2.85 bits per heavy atom. The monoisotopic (exact) mass is 199 g/mol. The molecule has 1 aromatic rings. The molecule has 0 aliphatic heterocycles. The van der Waals surface area contributed by atoms with Gasteiger partial charge >= 0.3 is 0 Å². The lowest BCUT2D eigenvalue weighted by Crippen LogP contribution is -2.09. The predicted molar refractivity (Wildman–Crippen MR) is 55.8 cm³/mol. The first kappa shape index (κ1) is 10.5. The van der Waals surface area contributed by atoms with Gasteiger partial charge in [0.25, 0.3) is 0 Å². The van der Waals surface area contributed by atoms with Crippen molar-refractivity contribution in [1.82, 2.24) is 5.32 Å². The van der Waals surface area contributed by atoms with Crippen LogP contribution < -0.4 is 5.32 Å². The van der Waals surface area contributed by atoms with Crippen LogP contribution >= 0.6 is 11.8 Å². The highest BCUT2D eigenvalue weighted by Gasteiger charge is 1.98. The Balaban J connectivity index is 2.53. The van der Waals surface area contributed by atoms with Gasteiger partial charge in [-0.15, -0.1) is 11.8 Å². The summed E-state index contributed by atoms with van der Waals surface area (Å²) >= 11 is 1.74. The molecule has 1 nitrogen and oxygen atoms in total. The average molecular weight is 199 g/mol. The van der Waals surface area contributed by atoms with E-state index in [1.54, 1.807) is 18.7 Å². The highest BCUT2D eigenvalue weighted by molar-refractivity contribution is 7.99. The number of rotatable bonds is 4. The van der Waals surface area contributed by atoms with E-state index in [0.717, 1.165) is 22.8 Å². The van der Waals surface area contributed by atoms with Crippen molar-refractivity contribution in [2.75, 3.05) is 19.3 Å². The molecule has 0 spiro atoms. The van der Waals surface area contributed by atoms with E-state index in [0.29, 0.717) is 0 Å². The van der Waals surface area contributed by atoms with E-state index in [4.69, 9.17) is 0 Å². The normalized spacial score (nSPS) is 10.4. The number of hydrogen-bond donors (Lipinski definition) is 1. The van der Waals surface area contributed by atoms with Crippen LogP contribution in [0.15, 0.2) is 23.1 Å². The van der Waals surface area contributed by atoms with Gasteiger partial charge in [0.15, 0.2) is 0 Å². The minimum atomic E-state index is -0.127. The molecule has 0 saturated carbocycles. The standard InChI is InChI=1S/C10H14FNS/c1-8-7-9(3-4-10(8)11)13-6-5-12-2/h3-4,7,12H,5-6H2,1-2H3. The van der Waals surface area contributed by atoms with Crippen molar-refractivity contribution >= 4 is 11.8 Å². The molecule has 1 N–H and O–H groups in total. The third kappa shape index (κ3) is 3.36. The molecule has 0 aliphatic carbocycles. The maximum atomic E-state index is 12.9. The summed E-state index contributed by atoms with van der Waals surface area (Å²) in [6.45, 7) is 2.76. The third-order valence-corrected chi connectivity index (χ3v) is 2.75. The van der Waals surface area contributed by atoms with Crippen molar-refractivity contribution in [1.29, 1.82) is 0 Å². The number of nitrogens with one attached hydrogen (secondary N) is 1. The zero-order valence-corrected chi connectivity index (χ0v) is 8.75. The van der Waals surface area contributed by atoms with E-state index >= 15 is 0 Å². The average Bonchev–Trinajstić information content (AvgIpc) is 2.12. The van der Waals surface area contributed by atoms with E-state index in [1.165, 1.54) is 6.07 Å². The van der Waals surface area contributed by atoms with Crippen molar-refractivity contribution in [3.63, 3.8) is 0 Å². The first-order valence-electron chi connectivity index (χ1n) is 4.27. The van der Waals surface area contributed by atoms with Gasteiger partial charge in [-0.05, 0) is 37.7 Å². The topological polar surface area (TPSA) is 12.0 Å². The first-order chi connectivity index (χ1) is 6.24. The van der Waals surface area contributed by atoms with Crippen LogP contribution in [-0.4, -0.2) is 19.3 Å². The van der Waals surface area contributed by atoms with Crippen molar-refractivity contribution in [3.8, 4) is 0 Å². The highest BCUT2D eigenvalue weighted by atomic mass is 32.2. The van der Waals surface area contributed by atoms with E-state index in [2.05, 4.69) is 5.32 Å². The van der Waals surface area contributed by atoms with Gasteiger partial charge in [0.05, 0.1) is 0 Å². The maximum Gasteiger partial charge on any atom is 0.126 e. The van der Waals surface area contributed by atoms with Gasteiger partial charge in [-0.3, -0.25) is 0 Å². The largest absolute Gasteiger partial charge is 0.319 e. The molecule has 0 saturated heterocycles. The summed E-state index contributed by atoms with van der Waals surface area (Å²) in [6.07, 6.45) is 0. The number of aryl methyl sites for hydroxylation is 1. The summed E-state index contributed by atoms with van der Waals surface area (Å²) in [5.41, 5.74) is 0.717. The zero-order valence-electron chi connectivity index (χ0n) is 7.93. The van der Waals surface area contributed by atoms with Crippen LogP contribution in [-0.2, 0) is 0 Å². The fourth-order valence-corrected chi connectivity index (χ4v) is 1.94. The molecule has 0 heterocycles. The Kier molecular flexibility index (Phi) is 4.25. The SMILES string of the molecule is CNCCSc1ccc(F)c(C)c1. The molecule has 72 valence electrons. The lowest BCUT2D eigenvalue weighted by molar-refractivity contribution is 0.617. The van der Waals surface area contributed by atoms with Crippen LogP contribution in [0.4, 0.5) is 4.39 Å². The van der Waals surface area contributed by atoms with Crippen molar-refractivity contribution < 1.29 is 4.39 Å². The minimum absolute atomic E-state index is 0.127. The maximum absolute atomic E-state index is 12.9. The molecule has 1 aromatic carbocycles. The van der Waals surface area contributed by atoms with E-state index in [9.17, 15) is 4.39 Å². The lowest BCUT2D eigenvalue weighted by Gasteiger charge is -2.02. The van der Waals surface area contributed by atoms with Gasteiger partial charge in [-0.1, -0.05) is 0 Å². The van der Waals surface area contributed by atoms with Crippen LogP contribution in [0.25, 0.3) is 0 Å². The Morgan fingerprint density at radius 1 is 1.46 bits per heavy atom. The molecule has 0 amide bonds. The summed E-state index contributed by atoms with van der Waals surface area (Å²) < 4.78 is 12.9. The number of benzene rings is 1. The van der Waals surface area contributed by atoms with Crippen molar-refractivity contribution in [3.05, 3.63) is 29.6 Å². The Morgan fingerprint density at radius 2 is 2.23 bits per heavy atom. The van der Waals surface area contributed by atoms with Crippen molar-refractivity contribution in [2.45, 2.75) is 11.8 Å². The van der Waals surface area contributed by atoms with Gasteiger partial charge in [0.2, 0.25) is 0 Å². The third-order valence-electron chi connectivity index (χ3n) is 1.75. The molecule has 0 unspecified atom stereocenters. The van der Waals surface area contributed by atoms with Crippen LogP contribution in [0.2, 0.25) is 0 Å². The van der Waals surface area contributed by atoms with Crippen molar-refractivity contribution in [2.24, 2.45) is 0 Å². The molecule has 13 heavy (non-hydrogen) atoms. The fraction of sp³-hybridized carbons (Fsp3) is 0.400. The second kappa shape index (κ2) is 5.25. The summed E-state index contributed by atoms with van der Waals surface area (Å²) in [5.74, 6) is 0.889. The lowest BCUT2D eigenvalue weighted by atomic mass is 10.2. The van der Waals surface area contributed by atoms with Gasteiger partial charge in [0, 0.05) is 17.2 Å². The van der Waals surface area contributed by atoms with Crippen LogP contribution in [0.1, 0.15) is 5.56 Å². The van der Waals surface area contributed by atoms with Crippen LogP contribution in [0.5, 0.6) is 0 Å². The number of thioether (sulfide) groups is 1. The molecular formula is C10H14FNS. The Bertz CT molecular complexity index is 276. The number of halogens is 1. The minimum Gasteiger partial charge on any atom is -0.319 e. The molecule has 0 atom stereocenters. The molecule has 0 aliphatic rings. The van der Waals surface area contributed by atoms with E-state index in [-0.39, 0.29) is 5.82 Å². The molecule has 3 heteroatoms. The van der Waals surface area contributed by atoms with Gasteiger partial charge < -0.3 is 5.32 Å². The Labute approximate surface area is 82.7 Å². The fourth-order valence-electron chi connectivity index (χ4n) is 0.978. The molecule has 0 radical (unpaired) electrons. The predicted octanol–water partition coefficient (Wildman–Crippen LogP) is 2.45.